The molecule has 0 spiro atoms. The monoisotopic (exact) mass is 418 g/mol. The number of hydrazine groups is 1. The van der Waals surface area contributed by atoms with E-state index < -0.39 is 0 Å². The van der Waals surface area contributed by atoms with Gasteiger partial charge < -0.3 is 0 Å². The summed E-state index contributed by atoms with van der Waals surface area (Å²) < 4.78 is 0. The zero-order valence-corrected chi connectivity index (χ0v) is 18.3. The van der Waals surface area contributed by atoms with E-state index in [1.807, 2.05) is 30.5 Å². The molecule has 0 aliphatic carbocycles. The van der Waals surface area contributed by atoms with Gasteiger partial charge in [0, 0.05) is 23.7 Å². The van der Waals surface area contributed by atoms with Crippen molar-refractivity contribution in [2.24, 2.45) is 4.99 Å². The largest absolute Gasteiger partial charge is 0.289 e. The third-order valence-electron chi connectivity index (χ3n) is 5.46. The predicted octanol–water partition coefficient (Wildman–Crippen LogP) is 4.35. The number of hydrogen-bond donors (Lipinski definition) is 2. The quantitative estimate of drug-likeness (QED) is 0.508. The molecule has 8 nitrogen and oxygen atoms in total. The molecule has 8 heteroatoms. The van der Waals surface area contributed by atoms with Gasteiger partial charge in [-0.15, -0.1) is 10.2 Å². The van der Waals surface area contributed by atoms with Gasteiger partial charge in [-0.1, -0.05) is 63.4 Å². The third-order valence-corrected chi connectivity index (χ3v) is 5.46. The minimum atomic E-state index is 0.195. The minimum absolute atomic E-state index is 0.195. The third kappa shape index (κ3) is 5.14. The summed E-state index contributed by atoms with van der Waals surface area (Å²) in [4.78, 5) is 9.67. The molecule has 4 rings (SSSR count). The Balaban J connectivity index is 1.48. The zero-order valence-electron chi connectivity index (χ0n) is 18.3. The summed E-state index contributed by atoms with van der Waals surface area (Å²) in [6.07, 6.45) is 8.93. The first-order valence-corrected chi connectivity index (χ1v) is 11.2. The number of pyridine rings is 1. The number of H-pyrrole nitrogens is 1. The second-order valence-electron chi connectivity index (χ2n) is 7.85. The molecule has 31 heavy (non-hydrogen) atoms. The first kappa shape index (κ1) is 21.1. The molecule has 1 aliphatic heterocycles. The van der Waals surface area contributed by atoms with Gasteiger partial charge in [-0.3, -0.25) is 15.0 Å². The molecule has 1 aliphatic rings. The summed E-state index contributed by atoms with van der Waals surface area (Å²) in [5.41, 5.74) is 7.51. The van der Waals surface area contributed by atoms with Crippen LogP contribution < -0.4 is 5.43 Å². The molecule has 1 atom stereocenters. The van der Waals surface area contributed by atoms with Crippen molar-refractivity contribution in [3.05, 3.63) is 48.2 Å². The molecule has 162 valence electrons. The Morgan fingerprint density at radius 2 is 1.84 bits per heavy atom. The molecule has 0 saturated carbocycles. The van der Waals surface area contributed by atoms with E-state index in [1.165, 1.54) is 19.3 Å². The van der Waals surface area contributed by atoms with Crippen LogP contribution in [0.5, 0.6) is 0 Å². The lowest BCUT2D eigenvalue weighted by atomic mass is 10.0. The van der Waals surface area contributed by atoms with Gasteiger partial charge in [0.2, 0.25) is 5.82 Å². The number of hydrogen-bond acceptors (Lipinski definition) is 7. The highest BCUT2D eigenvalue weighted by atomic mass is 15.6. The van der Waals surface area contributed by atoms with Crippen molar-refractivity contribution in [1.82, 2.24) is 36.0 Å². The number of tetrazole rings is 1. The normalized spacial score (nSPS) is 16.0. The van der Waals surface area contributed by atoms with Crippen LogP contribution in [0, 0.1) is 0 Å². The molecule has 0 saturated heterocycles. The van der Waals surface area contributed by atoms with Crippen LogP contribution >= 0.6 is 0 Å². The van der Waals surface area contributed by atoms with Gasteiger partial charge in [0.15, 0.2) is 0 Å². The fourth-order valence-corrected chi connectivity index (χ4v) is 3.77. The van der Waals surface area contributed by atoms with E-state index in [9.17, 15) is 0 Å². The highest BCUT2D eigenvalue weighted by Crippen LogP contribution is 2.28. The van der Waals surface area contributed by atoms with Crippen molar-refractivity contribution in [2.45, 2.75) is 65.1 Å². The number of nitrogens with one attached hydrogen (secondary N) is 2. The predicted molar refractivity (Wildman–Crippen MR) is 122 cm³/mol. The van der Waals surface area contributed by atoms with Crippen LogP contribution in [0.3, 0.4) is 0 Å². The standard InChI is InChI=1S/C23H30N8/c1-3-5-11-21-25-22(12-6-4-2)31(28-21)16-17-13-14-20(24-15-17)18-9-7-8-10-19(18)23-26-29-30-27-23/h7-10,13-15,21,28H,3-6,11-12,16H2,1-2H3,(H,26,27,29,30). The number of rotatable bonds is 10. The SMILES string of the molecule is CCCCC1=NC(CCCC)NN1Cc1ccc(-c2ccccc2-c2nn[nH]n2)nc1. The van der Waals surface area contributed by atoms with Crippen LogP contribution in [0.25, 0.3) is 22.6 Å². The lowest BCUT2D eigenvalue weighted by Gasteiger charge is -2.22. The van der Waals surface area contributed by atoms with Gasteiger partial charge in [-0.25, -0.2) is 5.43 Å². The number of aliphatic imine (C=N–C) groups is 1. The molecule has 0 fully saturated rings. The number of aromatic nitrogens is 5. The average molecular weight is 419 g/mol. The fourth-order valence-electron chi connectivity index (χ4n) is 3.77. The van der Waals surface area contributed by atoms with Crippen molar-refractivity contribution < 1.29 is 0 Å². The van der Waals surface area contributed by atoms with Gasteiger partial charge in [0.25, 0.3) is 0 Å². The van der Waals surface area contributed by atoms with Gasteiger partial charge in [-0.05, 0) is 29.7 Å². The first-order chi connectivity index (χ1) is 15.3. The Morgan fingerprint density at radius 1 is 1.00 bits per heavy atom. The topological polar surface area (TPSA) is 95.0 Å². The van der Waals surface area contributed by atoms with Crippen molar-refractivity contribution in [3.8, 4) is 22.6 Å². The van der Waals surface area contributed by atoms with E-state index >= 15 is 0 Å². The Bertz CT molecular complexity index is 981. The maximum atomic E-state index is 4.93. The molecule has 3 aromatic rings. The summed E-state index contributed by atoms with van der Waals surface area (Å²) >= 11 is 0. The Labute approximate surface area is 183 Å². The maximum absolute atomic E-state index is 4.93. The van der Waals surface area contributed by atoms with Crippen molar-refractivity contribution >= 4 is 5.84 Å². The Morgan fingerprint density at radius 3 is 2.55 bits per heavy atom. The van der Waals surface area contributed by atoms with E-state index in [0.717, 1.165) is 54.0 Å². The maximum Gasteiger partial charge on any atom is 0.205 e. The van der Waals surface area contributed by atoms with E-state index in [0.29, 0.717) is 5.82 Å². The Kier molecular flexibility index (Phi) is 6.99. The second kappa shape index (κ2) is 10.3. The molecule has 1 unspecified atom stereocenters. The lowest BCUT2D eigenvalue weighted by molar-refractivity contribution is 0.276. The Hall–Kier alpha value is -3.13. The summed E-state index contributed by atoms with van der Waals surface area (Å²) in [6.45, 7) is 5.19. The van der Waals surface area contributed by atoms with Crippen LogP contribution in [0.2, 0.25) is 0 Å². The first-order valence-electron chi connectivity index (χ1n) is 11.2. The number of unbranched alkanes of at least 4 members (excludes halogenated alkanes) is 2. The van der Waals surface area contributed by atoms with Crippen molar-refractivity contribution in [1.29, 1.82) is 0 Å². The van der Waals surface area contributed by atoms with Crippen molar-refractivity contribution in [2.75, 3.05) is 0 Å². The second-order valence-corrected chi connectivity index (χ2v) is 7.85. The van der Waals surface area contributed by atoms with Gasteiger partial charge in [-0.2, -0.15) is 5.21 Å². The highest BCUT2D eigenvalue weighted by Gasteiger charge is 2.23. The molecule has 2 N–H and O–H groups in total. The summed E-state index contributed by atoms with van der Waals surface area (Å²) in [7, 11) is 0. The van der Waals surface area contributed by atoms with Crippen LogP contribution in [0.15, 0.2) is 47.6 Å². The minimum Gasteiger partial charge on any atom is -0.289 e. The molecular formula is C23H30N8. The molecular weight excluding hydrogens is 388 g/mol. The van der Waals surface area contributed by atoms with E-state index in [2.05, 4.69) is 57.0 Å². The molecule has 3 heterocycles. The average Bonchev–Trinajstić information content (AvgIpc) is 3.47. The van der Waals surface area contributed by atoms with Crippen LogP contribution in [0.4, 0.5) is 0 Å². The highest BCUT2D eigenvalue weighted by molar-refractivity contribution is 5.83. The molecule has 0 amide bonds. The van der Waals surface area contributed by atoms with Crippen LogP contribution in [-0.2, 0) is 6.54 Å². The number of aromatic amines is 1. The van der Waals surface area contributed by atoms with E-state index in [-0.39, 0.29) is 6.17 Å². The summed E-state index contributed by atoms with van der Waals surface area (Å²) in [5, 5.41) is 16.6. The molecule has 1 aromatic carbocycles. The summed E-state index contributed by atoms with van der Waals surface area (Å²) in [6, 6.07) is 12.2. The fraction of sp³-hybridized carbons (Fsp3) is 0.435. The molecule has 0 bridgehead atoms. The number of nitrogens with zero attached hydrogens (tertiary/aromatic N) is 6. The number of benzene rings is 1. The smallest absolute Gasteiger partial charge is 0.205 e. The van der Waals surface area contributed by atoms with Gasteiger partial charge in [0.1, 0.15) is 12.0 Å². The van der Waals surface area contributed by atoms with E-state index in [4.69, 9.17) is 9.98 Å². The van der Waals surface area contributed by atoms with Crippen molar-refractivity contribution in [3.63, 3.8) is 0 Å². The zero-order chi connectivity index (χ0) is 21.5. The lowest BCUT2D eigenvalue weighted by Crippen LogP contribution is -2.40. The van der Waals surface area contributed by atoms with E-state index in [1.54, 1.807) is 0 Å². The molecule has 0 radical (unpaired) electrons. The van der Waals surface area contributed by atoms with Gasteiger partial charge >= 0.3 is 0 Å². The van der Waals surface area contributed by atoms with Crippen LogP contribution in [-0.4, -0.2) is 42.6 Å². The number of amidine groups is 1. The summed E-state index contributed by atoms with van der Waals surface area (Å²) in [5.74, 6) is 1.73. The molecule has 2 aromatic heterocycles. The van der Waals surface area contributed by atoms with Gasteiger partial charge in [0.05, 0.1) is 12.2 Å². The van der Waals surface area contributed by atoms with Crippen LogP contribution in [0.1, 0.15) is 57.9 Å².